The van der Waals surface area contributed by atoms with Crippen LogP contribution in [0, 0.1) is 0 Å². The quantitative estimate of drug-likeness (QED) is 0.672. The molecular weight excluding hydrogens is 334 g/mol. The lowest BCUT2D eigenvalue weighted by Gasteiger charge is -2.44. The fourth-order valence-electron chi connectivity index (χ4n) is 4.10. The van der Waals surface area contributed by atoms with E-state index in [-0.39, 0.29) is 12.1 Å². The molecule has 136 valence electrons. The van der Waals surface area contributed by atoms with E-state index in [0.717, 1.165) is 37.6 Å². The molecule has 27 heavy (non-hydrogen) atoms. The van der Waals surface area contributed by atoms with E-state index in [1.807, 2.05) is 6.07 Å². The van der Waals surface area contributed by atoms with Crippen molar-refractivity contribution >= 4 is 0 Å². The van der Waals surface area contributed by atoms with Crippen molar-refractivity contribution in [2.45, 2.75) is 18.6 Å². The minimum absolute atomic E-state index is 0.204. The van der Waals surface area contributed by atoms with Crippen molar-refractivity contribution in [1.82, 2.24) is 4.90 Å². The molecular formula is C24H23NO2. The number of ether oxygens (including phenoxy) is 2. The minimum atomic E-state index is 0.204. The summed E-state index contributed by atoms with van der Waals surface area (Å²) in [5.41, 5.74) is 3.91. The fourth-order valence-corrected chi connectivity index (χ4v) is 4.10. The summed E-state index contributed by atoms with van der Waals surface area (Å²) in [6, 6.07) is 27.9. The first-order chi connectivity index (χ1) is 13.4. The molecule has 0 bridgehead atoms. The first-order valence-corrected chi connectivity index (χ1v) is 9.64. The van der Waals surface area contributed by atoms with Crippen LogP contribution in [0.4, 0.5) is 0 Å². The summed E-state index contributed by atoms with van der Waals surface area (Å²) in [4.78, 5) is 2.49. The van der Waals surface area contributed by atoms with E-state index in [1.54, 1.807) is 0 Å². The van der Waals surface area contributed by atoms with E-state index >= 15 is 0 Å². The first kappa shape index (κ1) is 16.4. The molecule has 3 aromatic carbocycles. The maximum absolute atomic E-state index is 6.28. The van der Waals surface area contributed by atoms with Gasteiger partial charge < -0.3 is 9.47 Å². The van der Waals surface area contributed by atoms with Gasteiger partial charge in [0.2, 0.25) is 0 Å². The predicted octanol–water partition coefficient (Wildman–Crippen LogP) is 4.47. The van der Waals surface area contributed by atoms with Gasteiger partial charge in [-0.3, -0.25) is 4.90 Å². The topological polar surface area (TPSA) is 21.7 Å². The van der Waals surface area contributed by atoms with Crippen molar-refractivity contribution < 1.29 is 9.47 Å². The van der Waals surface area contributed by atoms with E-state index in [0.29, 0.717) is 0 Å². The molecule has 1 fully saturated rings. The Labute approximate surface area is 160 Å². The Hall–Kier alpha value is -2.78. The summed E-state index contributed by atoms with van der Waals surface area (Å²) in [7, 11) is 0. The van der Waals surface area contributed by atoms with E-state index in [1.165, 1.54) is 16.7 Å². The van der Waals surface area contributed by atoms with E-state index < -0.39 is 0 Å². The molecule has 2 aliphatic heterocycles. The van der Waals surface area contributed by atoms with Crippen LogP contribution >= 0.6 is 0 Å². The number of hydrogen-bond acceptors (Lipinski definition) is 3. The predicted molar refractivity (Wildman–Crippen MR) is 106 cm³/mol. The Balaban J connectivity index is 1.33. The number of nitrogens with zero attached hydrogens (tertiary/aromatic N) is 1. The lowest BCUT2D eigenvalue weighted by Crippen LogP contribution is -2.55. The summed E-state index contributed by atoms with van der Waals surface area (Å²) < 4.78 is 12.1. The van der Waals surface area contributed by atoms with Crippen molar-refractivity contribution in [3.8, 4) is 11.5 Å². The maximum Gasteiger partial charge on any atom is 0.164 e. The molecule has 0 aliphatic carbocycles. The Bertz CT molecular complexity index is 865. The lowest BCUT2D eigenvalue weighted by atomic mass is 9.94. The average molecular weight is 357 g/mol. The third-order valence-corrected chi connectivity index (χ3v) is 5.44. The molecule has 1 saturated heterocycles. The standard InChI is InChI=1S/C24H23NO2/c1-3-8-18(9-4-1)23(19-10-5-2-6-11-19)25-16-21(17-25)27-22-13-7-12-20-14-15-26-24(20)22/h1-13,21,23H,14-17H2. The normalized spacial score (nSPS) is 16.6. The molecule has 0 spiro atoms. The molecule has 0 amide bonds. The van der Waals surface area contributed by atoms with Gasteiger partial charge >= 0.3 is 0 Å². The Morgan fingerprint density at radius 2 is 1.48 bits per heavy atom. The maximum atomic E-state index is 6.28. The van der Waals surface area contributed by atoms with Crippen LogP contribution in [0.5, 0.6) is 11.5 Å². The van der Waals surface area contributed by atoms with Gasteiger partial charge in [0.05, 0.1) is 12.6 Å². The summed E-state index contributed by atoms with van der Waals surface area (Å²) in [6.07, 6.45) is 1.18. The second-order valence-electron chi connectivity index (χ2n) is 7.26. The molecule has 2 heterocycles. The summed E-state index contributed by atoms with van der Waals surface area (Å²) >= 11 is 0. The second kappa shape index (κ2) is 7.09. The Morgan fingerprint density at radius 1 is 0.815 bits per heavy atom. The Kier molecular flexibility index (Phi) is 4.30. The van der Waals surface area contributed by atoms with Gasteiger partial charge in [0.15, 0.2) is 11.5 Å². The van der Waals surface area contributed by atoms with Crippen LogP contribution in [0.1, 0.15) is 22.7 Å². The number of likely N-dealkylation sites (tertiary alicyclic amines) is 1. The highest BCUT2D eigenvalue weighted by molar-refractivity contribution is 5.49. The smallest absolute Gasteiger partial charge is 0.164 e. The van der Waals surface area contributed by atoms with E-state index in [9.17, 15) is 0 Å². The van der Waals surface area contributed by atoms with Gasteiger partial charge in [-0.05, 0) is 17.2 Å². The van der Waals surface area contributed by atoms with Crippen molar-refractivity contribution in [2.75, 3.05) is 19.7 Å². The summed E-state index contributed by atoms with van der Waals surface area (Å²) in [6.45, 7) is 2.59. The van der Waals surface area contributed by atoms with E-state index in [4.69, 9.17) is 9.47 Å². The second-order valence-corrected chi connectivity index (χ2v) is 7.26. The Morgan fingerprint density at radius 3 is 2.15 bits per heavy atom. The monoisotopic (exact) mass is 357 g/mol. The van der Waals surface area contributed by atoms with Crippen LogP contribution in [0.15, 0.2) is 78.9 Å². The summed E-state index contributed by atoms with van der Waals surface area (Å²) in [5.74, 6) is 1.84. The van der Waals surface area contributed by atoms with Crippen LogP contribution in [-0.4, -0.2) is 30.7 Å². The number of benzene rings is 3. The zero-order valence-electron chi connectivity index (χ0n) is 15.3. The molecule has 0 aromatic heterocycles. The van der Waals surface area contributed by atoms with Crippen molar-refractivity contribution in [2.24, 2.45) is 0 Å². The van der Waals surface area contributed by atoms with Crippen molar-refractivity contribution in [1.29, 1.82) is 0 Å². The largest absolute Gasteiger partial charge is 0.489 e. The van der Waals surface area contributed by atoms with E-state index in [2.05, 4.69) is 77.7 Å². The van der Waals surface area contributed by atoms with Crippen LogP contribution < -0.4 is 9.47 Å². The van der Waals surface area contributed by atoms with Gasteiger partial charge in [-0.1, -0.05) is 72.8 Å². The zero-order chi connectivity index (χ0) is 18.1. The molecule has 2 aliphatic rings. The molecule has 0 unspecified atom stereocenters. The molecule has 5 rings (SSSR count). The molecule has 3 nitrogen and oxygen atoms in total. The van der Waals surface area contributed by atoms with Gasteiger partial charge in [0.25, 0.3) is 0 Å². The third-order valence-electron chi connectivity index (χ3n) is 5.44. The summed E-state index contributed by atoms with van der Waals surface area (Å²) in [5, 5.41) is 0. The van der Waals surface area contributed by atoms with Crippen LogP contribution in [0.2, 0.25) is 0 Å². The number of para-hydroxylation sites is 1. The van der Waals surface area contributed by atoms with Gasteiger partial charge in [0, 0.05) is 25.1 Å². The highest BCUT2D eigenvalue weighted by atomic mass is 16.5. The SMILES string of the molecule is c1ccc(C(c2ccccc2)N2CC(Oc3cccc4c3OCC4)C2)cc1. The number of rotatable bonds is 5. The lowest BCUT2D eigenvalue weighted by molar-refractivity contribution is -0.000972. The highest BCUT2D eigenvalue weighted by Gasteiger charge is 2.36. The first-order valence-electron chi connectivity index (χ1n) is 9.64. The van der Waals surface area contributed by atoms with Crippen LogP contribution in [-0.2, 0) is 6.42 Å². The minimum Gasteiger partial charge on any atom is -0.489 e. The van der Waals surface area contributed by atoms with Gasteiger partial charge in [-0.15, -0.1) is 0 Å². The van der Waals surface area contributed by atoms with Crippen molar-refractivity contribution in [3.05, 3.63) is 95.6 Å². The number of hydrogen-bond donors (Lipinski definition) is 0. The molecule has 0 saturated carbocycles. The van der Waals surface area contributed by atoms with Gasteiger partial charge in [-0.25, -0.2) is 0 Å². The van der Waals surface area contributed by atoms with Crippen LogP contribution in [0.3, 0.4) is 0 Å². The number of fused-ring (bicyclic) bond motifs is 1. The molecule has 3 heteroatoms. The highest BCUT2D eigenvalue weighted by Crippen LogP contribution is 2.38. The van der Waals surface area contributed by atoms with Gasteiger partial charge in [-0.2, -0.15) is 0 Å². The molecule has 0 radical (unpaired) electrons. The van der Waals surface area contributed by atoms with Gasteiger partial charge in [0.1, 0.15) is 6.10 Å². The molecule has 0 N–H and O–H groups in total. The zero-order valence-corrected chi connectivity index (χ0v) is 15.3. The average Bonchev–Trinajstić information content (AvgIpc) is 3.18. The third kappa shape index (κ3) is 3.19. The fraction of sp³-hybridized carbons (Fsp3) is 0.250. The molecule has 0 atom stereocenters. The van der Waals surface area contributed by atoms with Crippen molar-refractivity contribution in [3.63, 3.8) is 0 Å². The van der Waals surface area contributed by atoms with Crippen LogP contribution in [0.25, 0.3) is 0 Å². The molecule has 3 aromatic rings.